The van der Waals surface area contributed by atoms with Crippen molar-refractivity contribution in [1.82, 2.24) is 9.55 Å². The highest BCUT2D eigenvalue weighted by Gasteiger charge is 2.34. The lowest BCUT2D eigenvalue weighted by atomic mass is 9.82. The first-order chi connectivity index (χ1) is 8.62. The molecule has 0 aliphatic heterocycles. The van der Waals surface area contributed by atoms with Gasteiger partial charge in [0.05, 0.1) is 21.6 Å². The Morgan fingerprint density at radius 1 is 1.28 bits per heavy atom. The van der Waals surface area contributed by atoms with Gasteiger partial charge < -0.3 is 10.3 Å². The van der Waals surface area contributed by atoms with Crippen molar-refractivity contribution in [2.45, 2.75) is 37.6 Å². The molecule has 4 heteroatoms. The molecule has 3 rings (SSSR count). The van der Waals surface area contributed by atoms with Crippen LogP contribution in [0.4, 0.5) is 0 Å². The summed E-state index contributed by atoms with van der Waals surface area (Å²) in [5.74, 6) is 0.977. The molecule has 1 aromatic heterocycles. The molecule has 0 unspecified atom stereocenters. The summed E-state index contributed by atoms with van der Waals surface area (Å²) in [4.78, 5) is 4.72. The number of imidazole rings is 1. The van der Waals surface area contributed by atoms with Crippen LogP contribution in [-0.2, 0) is 12.6 Å². The first-order valence-electron chi connectivity index (χ1n) is 6.52. The van der Waals surface area contributed by atoms with Crippen molar-refractivity contribution >= 4 is 22.6 Å². The fourth-order valence-corrected chi connectivity index (χ4v) is 3.37. The number of aromatic nitrogens is 2. The molecule has 3 nitrogen and oxygen atoms in total. The van der Waals surface area contributed by atoms with E-state index in [9.17, 15) is 0 Å². The minimum atomic E-state index is -0.282. The second kappa shape index (κ2) is 4.25. The Hall–Kier alpha value is -1.06. The van der Waals surface area contributed by atoms with E-state index < -0.39 is 0 Å². The lowest BCUT2D eigenvalue weighted by Gasteiger charge is -2.32. The fourth-order valence-electron chi connectivity index (χ4n) is 3.07. The van der Waals surface area contributed by atoms with Crippen molar-refractivity contribution in [2.75, 3.05) is 0 Å². The quantitative estimate of drug-likeness (QED) is 0.858. The standard InChI is InChI=1S/C14H18ClN3/c1-18-12-10(15)6-5-7-11(12)17-13(18)14(16)8-3-2-4-9-14/h5-7H,2-4,8-9,16H2,1H3. The maximum atomic E-state index is 6.57. The molecule has 2 aromatic rings. The second-order valence-corrected chi connectivity index (χ2v) is 5.73. The van der Waals surface area contributed by atoms with Crippen molar-refractivity contribution in [3.8, 4) is 0 Å². The van der Waals surface area contributed by atoms with Crippen LogP contribution in [0.1, 0.15) is 37.9 Å². The molecule has 0 spiro atoms. The number of benzene rings is 1. The van der Waals surface area contributed by atoms with Gasteiger partial charge in [-0.2, -0.15) is 0 Å². The van der Waals surface area contributed by atoms with Gasteiger partial charge >= 0.3 is 0 Å². The summed E-state index contributed by atoms with van der Waals surface area (Å²) in [7, 11) is 2.01. The molecule has 0 atom stereocenters. The van der Waals surface area contributed by atoms with Gasteiger partial charge in [0, 0.05) is 7.05 Å². The molecule has 96 valence electrons. The maximum absolute atomic E-state index is 6.57. The van der Waals surface area contributed by atoms with Crippen LogP contribution >= 0.6 is 11.6 Å². The highest BCUT2D eigenvalue weighted by atomic mass is 35.5. The van der Waals surface area contributed by atoms with Gasteiger partial charge in [-0.1, -0.05) is 36.9 Å². The van der Waals surface area contributed by atoms with Gasteiger partial charge in [-0.25, -0.2) is 4.98 Å². The molecule has 0 bridgehead atoms. The van der Waals surface area contributed by atoms with Crippen molar-refractivity contribution in [3.63, 3.8) is 0 Å². The average molecular weight is 264 g/mol. The van der Waals surface area contributed by atoms with Crippen LogP contribution in [0.3, 0.4) is 0 Å². The van der Waals surface area contributed by atoms with Crippen LogP contribution in [0.25, 0.3) is 11.0 Å². The first-order valence-corrected chi connectivity index (χ1v) is 6.90. The molecule has 1 aromatic carbocycles. The van der Waals surface area contributed by atoms with Crippen LogP contribution in [0.5, 0.6) is 0 Å². The largest absolute Gasteiger partial charge is 0.328 e. The highest BCUT2D eigenvalue weighted by Crippen LogP contribution is 2.36. The van der Waals surface area contributed by atoms with Gasteiger partial charge in [0.25, 0.3) is 0 Å². The number of hydrogen-bond acceptors (Lipinski definition) is 2. The molecule has 0 amide bonds. The number of para-hydroxylation sites is 1. The lowest BCUT2D eigenvalue weighted by Crippen LogP contribution is -2.41. The van der Waals surface area contributed by atoms with E-state index in [-0.39, 0.29) is 5.54 Å². The number of nitrogens with two attached hydrogens (primary N) is 1. The molecule has 1 aliphatic carbocycles. The van der Waals surface area contributed by atoms with Gasteiger partial charge in [0.1, 0.15) is 5.82 Å². The van der Waals surface area contributed by atoms with Crippen LogP contribution in [0.2, 0.25) is 5.02 Å². The number of aryl methyl sites for hydroxylation is 1. The van der Waals surface area contributed by atoms with Crippen LogP contribution in [-0.4, -0.2) is 9.55 Å². The Morgan fingerprint density at radius 2 is 2.00 bits per heavy atom. The molecule has 18 heavy (non-hydrogen) atoms. The van der Waals surface area contributed by atoms with E-state index >= 15 is 0 Å². The average Bonchev–Trinajstić information content (AvgIpc) is 2.70. The van der Waals surface area contributed by atoms with Crippen molar-refractivity contribution in [3.05, 3.63) is 29.0 Å². The third-order valence-electron chi connectivity index (χ3n) is 4.04. The summed E-state index contributed by atoms with van der Waals surface area (Å²) in [6.07, 6.45) is 5.69. The van der Waals surface area contributed by atoms with Gasteiger partial charge in [0.2, 0.25) is 0 Å². The van der Waals surface area contributed by atoms with Gasteiger partial charge in [-0.05, 0) is 25.0 Å². The van der Waals surface area contributed by atoms with Crippen LogP contribution in [0.15, 0.2) is 18.2 Å². The summed E-state index contributed by atoms with van der Waals surface area (Å²) in [5.41, 5.74) is 8.22. The van der Waals surface area contributed by atoms with E-state index in [1.807, 2.05) is 25.2 Å². The van der Waals surface area contributed by atoms with E-state index in [4.69, 9.17) is 22.3 Å². The molecule has 0 radical (unpaired) electrons. The number of rotatable bonds is 1. The summed E-state index contributed by atoms with van der Waals surface area (Å²) in [6.45, 7) is 0. The number of fused-ring (bicyclic) bond motifs is 1. The normalized spacial score (nSPS) is 19.3. The molecule has 2 N–H and O–H groups in total. The van der Waals surface area contributed by atoms with E-state index in [1.165, 1.54) is 19.3 Å². The maximum Gasteiger partial charge on any atom is 0.129 e. The second-order valence-electron chi connectivity index (χ2n) is 5.32. The van der Waals surface area contributed by atoms with Crippen LogP contribution in [0, 0.1) is 0 Å². The topological polar surface area (TPSA) is 43.8 Å². The smallest absolute Gasteiger partial charge is 0.129 e. The lowest BCUT2D eigenvalue weighted by molar-refractivity contribution is 0.282. The Kier molecular flexibility index (Phi) is 2.83. The Labute approximate surface area is 112 Å². The minimum absolute atomic E-state index is 0.282. The Balaban J connectivity index is 2.18. The Morgan fingerprint density at radius 3 is 2.67 bits per heavy atom. The molecule has 1 heterocycles. The third-order valence-corrected chi connectivity index (χ3v) is 4.34. The van der Waals surface area contributed by atoms with E-state index in [1.54, 1.807) is 0 Å². The zero-order valence-electron chi connectivity index (χ0n) is 10.6. The van der Waals surface area contributed by atoms with E-state index in [0.717, 1.165) is 34.7 Å². The molecule has 1 aliphatic rings. The molecule has 0 saturated heterocycles. The summed E-state index contributed by atoms with van der Waals surface area (Å²) in [6, 6.07) is 5.84. The van der Waals surface area contributed by atoms with E-state index in [0.29, 0.717) is 0 Å². The monoisotopic (exact) mass is 263 g/mol. The zero-order chi connectivity index (χ0) is 12.8. The number of nitrogens with zero attached hydrogens (tertiary/aromatic N) is 2. The molecular formula is C14H18ClN3. The fraction of sp³-hybridized carbons (Fsp3) is 0.500. The minimum Gasteiger partial charge on any atom is -0.328 e. The van der Waals surface area contributed by atoms with Crippen molar-refractivity contribution in [1.29, 1.82) is 0 Å². The van der Waals surface area contributed by atoms with Gasteiger partial charge in [-0.3, -0.25) is 0 Å². The van der Waals surface area contributed by atoms with E-state index in [2.05, 4.69) is 4.57 Å². The SMILES string of the molecule is Cn1c(C2(N)CCCCC2)nc2cccc(Cl)c21. The van der Waals surface area contributed by atoms with Crippen molar-refractivity contribution < 1.29 is 0 Å². The molecule has 1 fully saturated rings. The van der Waals surface area contributed by atoms with Gasteiger partial charge in [0.15, 0.2) is 0 Å². The predicted octanol–water partition coefficient (Wildman–Crippen LogP) is 3.34. The number of hydrogen-bond donors (Lipinski definition) is 1. The molecular weight excluding hydrogens is 246 g/mol. The van der Waals surface area contributed by atoms with Crippen molar-refractivity contribution in [2.24, 2.45) is 12.8 Å². The summed E-state index contributed by atoms with van der Waals surface area (Å²) in [5, 5.41) is 0.744. The predicted molar refractivity (Wildman–Crippen MR) is 74.7 cm³/mol. The Bertz CT molecular complexity index is 582. The number of halogens is 1. The first kappa shape index (κ1) is 12.0. The third kappa shape index (κ3) is 1.73. The van der Waals surface area contributed by atoms with Gasteiger partial charge in [-0.15, -0.1) is 0 Å². The summed E-state index contributed by atoms with van der Waals surface area (Å²) < 4.78 is 2.07. The zero-order valence-corrected chi connectivity index (χ0v) is 11.4. The highest BCUT2D eigenvalue weighted by molar-refractivity contribution is 6.35. The van der Waals surface area contributed by atoms with Crippen LogP contribution < -0.4 is 5.73 Å². The summed E-state index contributed by atoms with van der Waals surface area (Å²) >= 11 is 6.26. The molecule has 1 saturated carbocycles.